The summed E-state index contributed by atoms with van der Waals surface area (Å²) in [4.78, 5) is 29.1. The molecule has 0 aliphatic carbocycles. The Hall–Kier alpha value is -2.33. The van der Waals surface area contributed by atoms with E-state index in [1.807, 2.05) is 0 Å². The van der Waals surface area contributed by atoms with Crippen molar-refractivity contribution in [1.82, 2.24) is 9.55 Å². The fourth-order valence-electron chi connectivity index (χ4n) is 2.36. The second-order valence-corrected chi connectivity index (χ2v) is 7.91. The van der Waals surface area contributed by atoms with E-state index in [0.29, 0.717) is 15.4 Å². The molecule has 3 rings (SSSR count). The predicted molar refractivity (Wildman–Crippen MR) is 100 cm³/mol. The van der Waals surface area contributed by atoms with Gasteiger partial charge in [0.05, 0.1) is 22.0 Å². The van der Waals surface area contributed by atoms with Crippen molar-refractivity contribution < 1.29 is 18.0 Å². The number of nitrogens with one attached hydrogen (secondary N) is 1. The van der Waals surface area contributed by atoms with E-state index in [9.17, 15) is 22.8 Å². The summed E-state index contributed by atoms with van der Waals surface area (Å²) in [6, 6.07) is 6.48. The molecule has 0 aliphatic heterocycles. The van der Waals surface area contributed by atoms with Crippen LogP contribution < -0.4 is 10.9 Å². The first-order valence-corrected chi connectivity index (χ1v) is 9.52. The molecule has 0 bridgehead atoms. The topological polar surface area (TPSA) is 64.0 Å². The SMILES string of the molecule is CC(Sc1nc2ccsc2c(=O)n1C)C(=O)Nc1ccccc1C(F)(F)F. The van der Waals surface area contributed by atoms with Crippen molar-refractivity contribution in [1.29, 1.82) is 0 Å². The Morgan fingerprint density at radius 2 is 2.00 bits per heavy atom. The van der Waals surface area contributed by atoms with E-state index in [-0.39, 0.29) is 11.2 Å². The van der Waals surface area contributed by atoms with Crippen molar-refractivity contribution in [3.8, 4) is 0 Å². The third-order valence-electron chi connectivity index (χ3n) is 3.79. The van der Waals surface area contributed by atoms with E-state index in [1.165, 1.54) is 34.1 Å². The minimum Gasteiger partial charge on any atom is -0.325 e. The Bertz CT molecular complexity index is 1060. The molecule has 1 unspecified atom stereocenters. The van der Waals surface area contributed by atoms with Gasteiger partial charge in [0.15, 0.2) is 5.16 Å². The summed E-state index contributed by atoms with van der Waals surface area (Å²) in [5, 5.41) is 3.61. The predicted octanol–water partition coefficient (Wildman–Crippen LogP) is 4.13. The van der Waals surface area contributed by atoms with Gasteiger partial charge in [-0.2, -0.15) is 13.2 Å². The molecule has 10 heteroatoms. The van der Waals surface area contributed by atoms with Crippen LogP contribution in [0.1, 0.15) is 12.5 Å². The molecule has 2 heterocycles. The molecular formula is C17H14F3N3O2S2. The van der Waals surface area contributed by atoms with Gasteiger partial charge in [-0.25, -0.2) is 4.98 Å². The van der Waals surface area contributed by atoms with Crippen molar-refractivity contribution in [3.05, 3.63) is 51.6 Å². The van der Waals surface area contributed by atoms with Gasteiger partial charge in [0, 0.05) is 7.05 Å². The average molecular weight is 413 g/mol. The van der Waals surface area contributed by atoms with E-state index < -0.39 is 22.9 Å². The molecule has 0 fully saturated rings. The molecule has 142 valence electrons. The number of thioether (sulfide) groups is 1. The second kappa shape index (κ2) is 7.35. The number of halogens is 3. The lowest BCUT2D eigenvalue weighted by Crippen LogP contribution is -2.26. The number of carbonyl (C=O) groups excluding carboxylic acids is 1. The normalized spacial score (nSPS) is 12.9. The molecule has 1 N–H and O–H groups in total. The zero-order chi connectivity index (χ0) is 19.8. The molecule has 1 atom stereocenters. The Balaban J connectivity index is 1.82. The van der Waals surface area contributed by atoms with Gasteiger partial charge >= 0.3 is 6.18 Å². The molecule has 0 saturated heterocycles. The van der Waals surface area contributed by atoms with Crippen molar-refractivity contribution in [2.24, 2.45) is 7.05 Å². The fourth-order valence-corrected chi connectivity index (χ4v) is 4.04. The third kappa shape index (κ3) is 4.01. The summed E-state index contributed by atoms with van der Waals surface area (Å²) in [7, 11) is 1.54. The van der Waals surface area contributed by atoms with Crippen molar-refractivity contribution >= 4 is 44.9 Å². The van der Waals surface area contributed by atoms with E-state index in [1.54, 1.807) is 25.4 Å². The van der Waals surface area contributed by atoms with Crippen LogP contribution in [0.15, 0.2) is 45.7 Å². The van der Waals surface area contributed by atoms with Crippen LogP contribution in [0.3, 0.4) is 0 Å². The Morgan fingerprint density at radius 3 is 2.70 bits per heavy atom. The lowest BCUT2D eigenvalue weighted by atomic mass is 10.1. The van der Waals surface area contributed by atoms with E-state index in [4.69, 9.17) is 0 Å². The Labute approximate surface area is 160 Å². The number of anilines is 1. The number of aromatic nitrogens is 2. The van der Waals surface area contributed by atoms with Crippen LogP contribution in [-0.2, 0) is 18.0 Å². The summed E-state index contributed by atoms with van der Waals surface area (Å²) in [5.74, 6) is -0.614. The maximum absolute atomic E-state index is 13.1. The van der Waals surface area contributed by atoms with Crippen LogP contribution in [-0.4, -0.2) is 20.7 Å². The number of carbonyl (C=O) groups is 1. The number of nitrogens with zero attached hydrogens (tertiary/aromatic N) is 2. The number of hydrogen-bond acceptors (Lipinski definition) is 5. The largest absolute Gasteiger partial charge is 0.418 e. The fraction of sp³-hybridized carbons (Fsp3) is 0.235. The molecule has 0 aliphatic rings. The maximum Gasteiger partial charge on any atom is 0.418 e. The summed E-state index contributed by atoms with van der Waals surface area (Å²) < 4.78 is 41.0. The first kappa shape index (κ1) is 19.4. The molecule has 27 heavy (non-hydrogen) atoms. The standard InChI is InChI=1S/C17H14F3N3O2S2/c1-9(14(24)21-11-6-4-3-5-10(11)17(18,19)20)27-16-22-12-7-8-26-13(12)15(25)23(16)2/h3-9H,1-2H3,(H,21,24). The van der Waals surface area contributed by atoms with Crippen LogP contribution >= 0.6 is 23.1 Å². The van der Waals surface area contributed by atoms with Gasteiger partial charge in [-0.3, -0.25) is 14.2 Å². The van der Waals surface area contributed by atoms with Gasteiger partial charge < -0.3 is 5.32 Å². The Morgan fingerprint density at radius 1 is 1.30 bits per heavy atom. The molecular weight excluding hydrogens is 399 g/mol. The minimum absolute atomic E-state index is 0.229. The summed E-state index contributed by atoms with van der Waals surface area (Å²) in [6.07, 6.45) is -4.57. The highest BCUT2D eigenvalue weighted by Gasteiger charge is 2.34. The molecule has 2 aromatic heterocycles. The van der Waals surface area contributed by atoms with E-state index >= 15 is 0 Å². The molecule has 0 radical (unpaired) electrons. The highest BCUT2D eigenvalue weighted by Crippen LogP contribution is 2.35. The molecule has 0 spiro atoms. The van der Waals surface area contributed by atoms with Gasteiger partial charge in [-0.15, -0.1) is 11.3 Å². The van der Waals surface area contributed by atoms with Crippen LogP contribution in [0.25, 0.3) is 10.2 Å². The number of rotatable bonds is 4. The molecule has 5 nitrogen and oxygen atoms in total. The first-order chi connectivity index (χ1) is 12.7. The third-order valence-corrected chi connectivity index (χ3v) is 5.82. The first-order valence-electron chi connectivity index (χ1n) is 7.76. The number of thiophene rings is 1. The highest BCUT2D eigenvalue weighted by molar-refractivity contribution is 8.00. The van der Waals surface area contributed by atoms with Gasteiger partial charge in [-0.1, -0.05) is 23.9 Å². The zero-order valence-corrected chi connectivity index (χ0v) is 15.8. The number of para-hydroxylation sites is 1. The van der Waals surface area contributed by atoms with Crippen molar-refractivity contribution in [2.45, 2.75) is 23.5 Å². The van der Waals surface area contributed by atoms with Gasteiger partial charge in [-0.05, 0) is 30.5 Å². The van der Waals surface area contributed by atoms with Gasteiger partial charge in [0.2, 0.25) is 5.91 Å². The highest BCUT2D eigenvalue weighted by atomic mass is 32.2. The second-order valence-electron chi connectivity index (χ2n) is 5.69. The van der Waals surface area contributed by atoms with Crippen molar-refractivity contribution in [2.75, 3.05) is 5.32 Å². The summed E-state index contributed by atoms with van der Waals surface area (Å²) in [6.45, 7) is 1.54. The average Bonchev–Trinajstić information content (AvgIpc) is 3.07. The zero-order valence-electron chi connectivity index (χ0n) is 14.2. The van der Waals surface area contributed by atoms with Gasteiger partial charge in [0.1, 0.15) is 4.70 Å². The van der Waals surface area contributed by atoms with Crippen LogP contribution in [0.4, 0.5) is 18.9 Å². The van der Waals surface area contributed by atoms with Crippen LogP contribution in [0.5, 0.6) is 0 Å². The number of amides is 1. The molecule has 0 saturated carbocycles. The van der Waals surface area contributed by atoms with E-state index in [0.717, 1.165) is 17.8 Å². The van der Waals surface area contributed by atoms with Crippen molar-refractivity contribution in [3.63, 3.8) is 0 Å². The number of hydrogen-bond donors (Lipinski definition) is 1. The molecule has 3 aromatic rings. The van der Waals surface area contributed by atoms with Gasteiger partial charge in [0.25, 0.3) is 5.56 Å². The lowest BCUT2D eigenvalue weighted by molar-refractivity contribution is -0.137. The monoisotopic (exact) mass is 413 g/mol. The van der Waals surface area contributed by atoms with Crippen LogP contribution in [0, 0.1) is 0 Å². The molecule has 1 amide bonds. The number of benzene rings is 1. The number of alkyl halides is 3. The smallest absolute Gasteiger partial charge is 0.325 e. The maximum atomic E-state index is 13.1. The Kier molecular flexibility index (Phi) is 5.29. The van der Waals surface area contributed by atoms with Crippen LogP contribution in [0.2, 0.25) is 0 Å². The quantitative estimate of drug-likeness (QED) is 0.516. The summed E-state index contributed by atoms with van der Waals surface area (Å²) in [5.41, 5.74) is -0.925. The van der Waals surface area contributed by atoms with E-state index in [2.05, 4.69) is 10.3 Å². The summed E-state index contributed by atoms with van der Waals surface area (Å²) >= 11 is 2.28. The minimum atomic E-state index is -4.57. The lowest BCUT2D eigenvalue weighted by Gasteiger charge is -2.16. The number of fused-ring (bicyclic) bond motifs is 1. The molecule has 1 aromatic carbocycles.